The second-order valence-corrected chi connectivity index (χ2v) is 6.22. The summed E-state index contributed by atoms with van der Waals surface area (Å²) in [4.78, 5) is 2.38. The van der Waals surface area contributed by atoms with Gasteiger partial charge in [-0.3, -0.25) is 10.00 Å². The minimum atomic E-state index is 0.359. The standard InChI is InChI=1S/C16H19Cl2N3O2/c1-4-21-6-5-12-10(8-21)14(20-19-12)9-7-11(17)16(23-3)13(18)15(9)22-2/h7H,4-6,8H2,1-3H3,(H,19,20). The van der Waals surface area contributed by atoms with Crippen LogP contribution in [-0.4, -0.2) is 42.4 Å². The maximum atomic E-state index is 6.39. The Morgan fingerprint density at radius 3 is 2.65 bits per heavy atom. The summed E-state index contributed by atoms with van der Waals surface area (Å²) in [7, 11) is 3.11. The van der Waals surface area contributed by atoms with E-state index in [1.54, 1.807) is 13.2 Å². The number of H-pyrrole nitrogens is 1. The average Bonchev–Trinajstić information content (AvgIpc) is 2.97. The molecule has 1 N–H and O–H groups in total. The summed E-state index contributed by atoms with van der Waals surface area (Å²) in [6.45, 7) is 5.05. The number of hydrogen-bond donors (Lipinski definition) is 1. The van der Waals surface area contributed by atoms with Crippen molar-refractivity contribution in [3.8, 4) is 22.8 Å². The van der Waals surface area contributed by atoms with Crippen molar-refractivity contribution < 1.29 is 9.47 Å². The molecule has 0 unspecified atom stereocenters. The summed E-state index contributed by atoms with van der Waals surface area (Å²) < 4.78 is 10.8. The van der Waals surface area contributed by atoms with Gasteiger partial charge in [0.15, 0.2) is 11.5 Å². The first-order valence-corrected chi connectivity index (χ1v) is 8.25. The average molecular weight is 356 g/mol. The topological polar surface area (TPSA) is 50.4 Å². The smallest absolute Gasteiger partial charge is 0.159 e. The normalized spacial score (nSPS) is 14.7. The molecular formula is C16H19Cl2N3O2. The van der Waals surface area contributed by atoms with Crippen LogP contribution in [0.4, 0.5) is 0 Å². The van der Waals surface area contributed by atoms with Crippen molar-refractivity contribution in [3.63, 3.8) is 0 Å². The molecule has 3 rings (SSSR count). The van der Waals surface area contributed by atoms with Crippen LogP contribution in [0.3, 0.4) is 0 Å². The molecule has 5 nitrogen and oxygen atoms in total. The third-order valence-corrected chi connectivity index (χ3v) is 4.88. The van der Waals surface area contributed by atoms with Crippen molar-refractivity contribution in [2.45, 2.75) is 19.9 Å². The molecule has 0 aliphatic carbocycles. The fourth-order valence-electron chi connectivity index (χ4n) is 2.99. The molecule has 1 aliphatic heterocycles. The number of halogens is 2. The molecule has 7 heteroatoms. The zero-order valence-corrected chi connectivity index (χ0v) is 14.9. The molecule has 2 aromatic rings. The fraction of sp³-hybridized carbons (Fsp3) is 0.438. The fourth-order valence-corrected chi connectivity index (χ4v) is 3.68. The Balaban J connectivity index is 2.15. The predicted octanol–water partition coefficient (Wildman–Crippen LogP) is 3.78. The maximum absolute atomic E-state index is 6.39. The van der Waals surface area contributed by atoms with E-state index in [4.69, 9.17) is 32.7 Å². The van der Waals surface area contributed by atoms with Crippen molar-refractivity contribution in [2.24, 2.45) is 0 Å². The number of hydrogen-bond acceptors (Lipinski definition) is 4. The highest BCUT2D eigenvalue weighted by Crippen LogP contribution is 2.47. The van der Waals surface area contributed by atoms with E-state index in [1.807, 2.05) is 0 Å². The Hall–Kier alpha value is -1.43. The van der Waals surface area contributed by atoms with Gasteiger partial charge in [0.25, 0.3) is 0 Å². The summed E-state index contributed by atoms with van der Waals surface area (Å²) in [5.41, 5.74) is 3.95. The lowest BCUT2D eigenvalue weighted by Crippen LogP contribution is -2.30. The number of aromatic nitrogens is 2. The number of aromatic amines is 1. The van der Waals surface area contributed by atoms with Gasteiger partial charge in [0.1, 0.15) is 10.7 Å². The maximum Gasteiger partial charge on any atom is 0.159 e. The highest BCUT2D eigenvalue weighted by atomic mass is 35.5. The van der Waals surface area contributed by atoms with Crippen LogP contribution < -0.4 is 9.47 Å². The van der Waals surface area contributed by atoms with E-state index in [0.29, 0.717) is 21.5 Å². The van der Waals surface area contributed by atoms with E-state index in [0.717, 1.165) is 43.0 Å². The van der Waals surface area contributed by atoms with Crippen LogP contribution in [0.15, 0.2) is 6.07 Å². The Labute approximate surface area is 145 Å². The quantitative estimate of drug-likeness (QED) is 0.906. The molecule has 0 saturated heterocycles. The van der Waals surface area contributed by atoms with Gasteiger partial charge in [0.2, 0.25) is 0 Å². The van der Waals surface area contributed by atoms with Crippen LogP contribution in [0.1, 0.15) is 18.2 Å². The minimum Gasteiger partial charge on any atom is -0.494 e. The molecule has 0 fully saturated rings. The monoisotopic (exact) mass is 355 g/mol. The highest BCUT2D eigenvalue weighted by molar-refractivity contribution is 6.38. The Morgan fingerprint density at radius 1 is 1.26 bits per heavy atom. The third kappa shape index (κ3) is 2.77. The van der Waals surface area contributed by atoms with E-state index in [2.05, 4.69) is 22.0 Å². The van der Waals surface area contributed by atoms with Gasteiger partial charge in [-0.25, -0.2) is 0 Å². The van der Waals surface area contributed by atoms with Crippen molar-refractivity contribution >= 4 is 23.2 Å². The van der Waals surface area contributed by atoms with Gasteiger partial charge in [0, 0.05) is 36.3 Å². The zero-order chi connectivity index (χ0) is 16.6. The highest BCUT2D eigenvalue weighted by Gasteiger charge is 2.26. The molecule has 124 valence electrons. The summed E-state index contributed by atoms with van der Waals surface area (Å²) in [6.07, 6.45) is 0.954. The second kappa shape index (κ2) is 6.59. The van der Waals surface area contributed by atoms with Crippen LogP contribution in [0.2, 0.25) is 10.0 Å². The van der Waals surface area contributed by atoms with Crippen LogP contribution in [0.5, 0.6) is 11.5 Å². The summed E-state index contributed by atoms with van der Waals surface area (Å²) in [6, 6.07) is 1.80. The second-order valence-electron chi connectivity index (χ2n) is 5.43. The van der Waals surface area contributed by atoms with Gasteiger partial charge in [-0.2, -0.15) is 5.10 Å². The molecule has 0 radical (unpaired) electrons. The van der Waals surface area contributed by atoms with Crippen molar-refractivity contribution in [1.82, 2.24) is 15.1 Å². The molecule has 23 heavy (non-hydrogen) atoms. The number of nitrogens with zero attached hydrogens (tertiary/aromatic N) is 2. The Kier molecular flexibility index (Phi) is 4.71. The number of nitrogens with one attached hydrogen (secondary N) is 1. The molecule has 2 heterocycles. The molecule has 1 aromatic carbocycles. The third-order valence-electron chi connectivity index (χ3n) is 4.25. The molecule has 1 aliphatic rings. The Bertz CT molecular complexity index is 731. The van der Waals surface area contributed by atoms with Crippen LogP contribution in [0.25, 0.3) is 11.3 Å². The molecule has 1 aromatic heterocycles. The van der Waals surface area contributed by atoms with Gasteiger partial charge >= 0.3 is 0 Å². The van der Waals surface area contributed by atoms with Gasteiger partial charge < -0.3 is 9.47 Å². The van der Waals surface area contributed by atoms with Gasteiger partial charge in [-0.15, -0.1) is 0 Å². The summed E-state index contributed by atoms with van der Waals surface area (Å²) in [5, 5.41) is 8.43. The van der Waals surface area contributed by atoms with Gasteiger partial charge in [0.05, 0.1) is 19.2 Å². The number of ether oxygens (including phenoxy) is 2. The molecule has 0 atom stereocenters. The van der Waals surface area contributed by atoms with Crippen molar-refractivity contribution in [1.29, 1.82) is 0 Å². The minimum absolute atomic E-state index is 0.359. The SMILES string of the molecule is CCN1CCc2[nH]nc(-c3cc(Cl)c(OC)c(Cl)c3OC)c2C1. The number of benzene rings is 1. The number of rotatable bonds is 4. The lowest BCUT2D eigenvalue weighted by molar-refractivity contribution is 0.267. The van der Waals surface area contributed by atoms with E-state index in [1.165, 1.54) is 12.7 Å². The first kappa shape index (κ1) is 16.4. The van der Waals surface area contributed by atoms with Crippen LogP contribution >= 0.6 is 23.2 Å². The van der Waals surface area contributed by atoms with Crippen LogP contribution in [-0.2, 0) is 13.0 Å². The van der Waals surface area contributed by atoms with Crippen molar-refractivity contribution in [2.75, 3.05) is 27.3 Å². The summed E-state index contributed by atoms with van der Waals surface area (Å²) >= 11 is 12.7. The first-order valence-electron chi connectivity index (χ1n) is 7.49. The van der Waals surface area contributed by atoms with E-state index in [-0.39, 0.29) is 0 Å². The van der Waals surface area contributed by atoms with E-state index < -0.39 is 0 Å². The van der Waals surface area contributed by atoms with Gasteiger partial charge in [-0.1, -0.05) is 30.1 Å². The molecule has 0 saturated carbocycles. The van der Waals surface area contributed by atoms with E-state index >= 15 is 0 Å². The number of methoxy groups -OCH3 is 2. The van der Waals surface area contributed by atoms with Crippen molar-refractivity contribution in [3.05, 3.63) is 27.4 Å². The predicted molar refractivity (Wildman–Crippen MR) is 91.8 cm³/mol. The van der Waals surface area contributed by atoms with Crippen LogP contribution in [0, 0.1) is 0 Å². The molecular weight excluding hydrogens is 337 g/mol. The molecule has 0 amide bonds. The zero-order valence-electron chi connectivity index (χ0n) is 13.4. The molecule has 0 spiro atoms. The molecule has 0 bridgehead atoms. The number of likely N-dealkylation sites (N-methyl/N-ethyl adjacent to an activating group) is 1. The Morgan fingerprint density at radius 2 is 2.00 bits per heavy atom. The number of fused-ring (bicyclic) bond motifs is 1. The summed E-state index contributed by atoms with van der Waals surface area (Å²) in [5.74, 6) is 0.935. The lowest BCUT2D eigenvalue weighted by atomic mass is 10.00. The largest absolute Gasteiger partial charge is 0.494 e. The lowest BCUT2D eigenvalue weighted by Gasteiger charge is -2.25. The van der Waals surface area contributed by atoms with E-state index in [9.17, 15) is 0 Å². The first-order chi connectivity index (χ1) is 11.1. The van der Waals surface area contributed by atoms with Gasteiger partial charge in [-0.05, 0) is 12.6 Å².